The van der Waals surface area contributed by atoms with E-state index in [9.17, 15) is 18.0 Å². The number of ether oxygens (including phenoxy) is 1. The number of carbonyl (C=O) groups is 2. The predicted octanol–water partition coefficient (Wildman–Crippen LogP) is 2.05. The van der Waals surface area contributed by atoms with Crippen molar-refractivity contribution in [2.24, 2.45) is 0 Å². The lowest BCUT2D eigenvalue weighted by Gasteiger charge is -2.35. The van der Waals surface area contributed by atoms with Gasteiger partial charge in [0.05, 0.1) is 24.2 Å². The van der Waals surface area contributed by atoms with Crippen LogP contribution < -0.4 is 5.32 Å². The summed E-state index contributed by atoms with van der Waals surface area (Å²) in [5, 5.41) is 2.77. The van der Waals surface area contributed by atoms with Crippen LogP contribution in [0.15, 0.2) is 53.4 Å². The van der Waals surface area contributed by atoms with Crippen LogP contribution in [0.3, 0.4) is 0 Å². The number of sulfonamides is 1. The summed E-state index contributed by atoms with van der Waals surface area (Å²) in [6, 6.07) is 12.8. The van der Waals surface area contributed by atoms with Crippen LogP contribution in [0.4, 0.5) is 0 Å². The molecule has 2 unspecified atom stereocenters. The largest absolute Gasteiger partial charge is 0.372 e. The Balaban J connectivity index is 1.62. The standard InChI is InChI=1S/C23H29N3O6S/c1-16-14-26(15-17(2)32-16)23(28)19-10-8-18(9-11-19)13-24-22(27)20-6-5-7-21(12-20)33(29,30)25(3)31-4/h5-12,16-17H,13-15H2,1-4H3,(H,24,27). The molecule has 0 aromatic heterocycles. The lowest BCUT2D eigenvalue weighted by atomic mass is 10.1. The highest BCUT2D eigenvalue weighted by molar-refractivity contribution is 7.89. The lowest BCUT2D eigenvalue weighted by molar-refractivity contribution is -0.0586. The maximum absolute atomic E-state index is 12.8. The van der Waals surface area contributed by atoms with Crippen LogP contribution >= 0.6 is 0 Å². The second-order valence-electron chi connectivity index (χ2n) is 7.97. The summed E-state index contributed by atoms with van der Waals surface area (Å²) < 4.78 is 31.2. The van der Waals surface area contributed by atoms with Gasteiger partial charge in [-0.15, -0.1) is 0 Å². The minimum Gasteiger partial charge on any atom is -0.372 e. The molecule has 2 aromatic carbocycles. The summed E-state index contributed by atoms with van der Waals surface area (Å²) in [7, 11) is -1.33. The molecule has 9 nitrogen and oxygen atoms in total. The Morgan fingerprint density at radius 3 is 2.33 bits per heavy atom. The molecule has 1 saturated heterocycles. The number of hydroxylamine groups is 1. The number of carbonyl (C=O) groups excluding carboxylic acids is 2. The van der Waals surface area contributed by atoms with E-state index in [1.807, 2.05) is 13.8 Å². The first-order valence-electron chi connectivity index (χ1n) is 10.6. The highest BCUT2D eigenvalue weighted by Gasteiger charge is 2.26. The maximum Gasteiger partial charge on any atom is 0.264 e. The molecule has 33 heavy (non-hydrogen) atoms. The third-order valence-electron chi connectivity index (χ3n) is 5.35. The number of benzene rings is 2. The van der Waals surface area contributed by atoms with E-state index in [1.54, 1.807) is 29.2 Å². The van der Waals surface area contributed by atoms with Crippen molar-refractivity contribution in [1.29, 1.82) is 0 Å². The zero-order valence-corrected chi connectivity index (χ0v) is 20.0. The first-order valence-corrected chi connectivity index (χ1v) is 12.0. The molecule has 0 bridgehead atoms. The monoisotopic (exact) mass is 475 g/mol. The van der Waals surface area contributed by atoms with E-state index in [2.05, 4.69) is 5.32 Å². The lowest BCUT2D eigenvalue weighted by Crippen LogP contribution is -2.48. The number of hydrogen-bond acceptors (Lipinski definition) is 6. The SMILES string of the molecule is CON(C)S(=O)(=O)c1cccc(C(=O)NCc2ccc(C(=O)N3CC(C)OC(C)C3)cc2)c1. The van der Waals surface area contributed by atoms with E-state index < -0.39 is 15.9 Å². The second kappa shape index (κ2) is 10.4. The average molecular weight is 476 g/mol. The Labute approximate surface area is 194 Å². The molecular weight excluding hydrogens is 446 g/mol. The summed E-state index contributed by atoms with van der Waals surface area (Å²) in [6.45, 7) is 5.23. The number of rotatable bonds is 7. The molecule has 0 saturated carbocycles. The molecule has 1 aliphatic heterocycles. The summed E-state index contributed by atoms with van der Waals surface area (Å²) in [4.78, 5) is 31.8. The first kappa shape index (κ1) is 24.8. The number of nitrogens with zero attached hydrogens (tertiary/aromatic N) is 2. The average Bonchev–Trinajstić information content (AvgIpc) is 2.81. The Morgan fingerprint density at radius 1 is 1.09 bits per heavy atom. The topological polar surface area (TPSA) is 105 Å². The van der Waals surface area contributed by atoms with Gasteiger partial charge in [-0.2, -0.15) is 0 Å². The smallest absolute Gasteiger partial charge is 0.264 e. The molecule has 3 rings (SSSR count). The van der Waals surface area contributed by atoms with Gasteiger partial charge in [0.1, 0.15) is 0 Å². The second-order valence-corrected chi connectivity index (χ2v) is 9.91. The van der Waals surface area contributed by atoms with E-state index in [4.69, 9.17) is 9.57 Å². The van der Waals surface area contributed by atoms with E-state index in [0.29, 0.717) is 18.7 Å². The number of nitrogens with one attached hydrogen (secondary N) is 1. The van der Waals surface area contributed by atoms with E-state index in [-0.39, 0.29) is 35.1 Å². The molecule has 2 atom stereocenters. The number of amides is 2. The highest BCUT2D eigenvalue weighted by atomic mass is 32.2. The number of hydrogen-bond donors (Lipinski definition) is 1. The van der Waals surface area contributed by atoms with Gasteiger partial charge in [-0.25, -0.2) is 8.42 Å². The first-order chi connectivity index (χ1) is 15.6. The van der Waals surface area contributed by atoms with Crippen LogP contribution in [0.5, 0.6) is 0 Å². The zero-order chi connectivity index (χ0) is 24.2. The minimum absolute atomic E-state index is 0.00410. The highest BCUT2D eigenvalue weighted by Crippen LogP contribution is 2.17. The van der Waals surface area contributed by atoms with Gasteiger partial charge in [0.25, 0.3) is 21.8 Å². The summed E-state index contributed by atoms with van der Waals surface area (Å²) >= 11 is 0. The van der Waals surface area contributed by atoms with Gasteiger partial charge < -0.3 is 15.0 Å². The molecule has 1 heterocycles. The molecule has 10 heteroatoms. The van der Waals surface area contributed by atoms with Crippen LogP contribution in [-0.4, -0.2) is 69.1 Å². The van der Waals surface area contributed by atoms with Crippen molar-refractivity contribution >= 4 is 21.8 Å². The van der Waals surface area contributed by atoms with E-state index >= 15 is 0 Å². The van der Waals surface area contributed by atoms with Gasteiger partial charge in [0, 0.05) is 37.8 Å². The van der Waals surface area contributed by atoms with E-state index in [0.717, 1.165) is 10.0 Å². The fraction of sp³-hybridized carbons (Fsp3) is 0.391. The Hall–Kier alpha value is -2.79. The van der Waals surface area contributed by atoms with Gasteiger partial charge in [-0.3, -0.25) is 14.4 Å². The van der Waals surface area contributed by atoms with Gasteiger partial charge in [0.15, 0.2) is 0 Å². The molecule has 178 valence electrons. The molecule has 1 N–H and O–H groups in total. The minimum atomic E-state index is -3.85. The van der Waals surface area contributed by atoms with Crippen molar-refractivity contribution in [2.75, 3.05) is 27.2 Å². The fourth-order valence-corrected chi connectivity index (χ4v) is 4.64. The van der Waals surface area contributed by atoms with Gasteiger partial charge in [-0.05, 0) is 49.7 Å². The quantitative estimate of drug-likeness (QED) is 0.615. The normalized spacial score (nSPS) is 18.9. The van der Waals surface area contributed by atoms with Crippen LogP contribution in [0, 0.1) is 0 Å². The van der Waals surface area contributed by atoms with E-state index in [1.165, 1.54) is 38.4 Å². The van der Waals surface area contributed by atoms with Crippen LogP contribution in [-0.2, 0) is 26.1 Å². The predicted molar refractivity (Wildman–Crippen MR) is 122 cm³/mol. The van der Waals surface area contributed by atoms with Crippen molar-refractivity contribution < 1.29 is 27.6 Å². The molecule has 0 radical (unpaired) electrons. The molecule has 2 amide bonds. The molecular formula is C23H29N3O6S. The molecule has 1 aliphatic rings. The molecule has 0 spiro atoms. The Bertz CT molecular complexity index is 1090. The van der Waals surface area contributed by atoms with Crippen LogP contribution in [0.25, 0.3) is 0 Å². The summed E-state index contributed by atoms with van der Waals surface area (Å²) in [5.41, 5.74) is 1.60. The fourth-order valence-electron chi connectivity index (χ4n) is 3.62. The summed E-state index contributed by atoms with van der Waals surface area (Å²) in [5.74, 6) is -0.463. The maximum atomic E-state index is 12.8. The van der Waals surface area contributed by atoms with Crippen molar-refractivity contribution in [3.63, 3.8) is 0 Å². The van der Waals surface area contributed by atoms with Crippen molar-refractivity contribution in [3.05, 3.63) is 65.2 Å². The van der Waals surface area contributed by atoms with Gasteiger partial charge >= 0.3 is 0 Å². The van der Waals surface area contributed by atoms with Crippen molar-refractivity contribution in [2.45, 2.75) is 37.5 Å². The Morgan fingerprint density at radius 2 is 1.73 bits per heavy atom. The van der Waals surface area contributed by atoms with Crippen LogP contribution in [0.1, 0.15) is 40.1 Å². The van der Waals surface area contributed by atoms with Gasteiger partial charge in [-0.1, -0.05) is 22.7 Å². The molecule has 1 fully saturated rings. The third kappa shape index (κ3) is 5.97. The van der Waals surface area contributed by atoms with Crippen molar-refractivity contribution in [1.82, 2.24) is 14.7 Å². The van der Waals surface area contributed by atoms with Crippen molar-refractivity contribution in [3.8, 4) is 0 Å². The Kier molecular flexibility index (Phi) is 7.85. The third-order valence-corrected chi connectivity index (χ3v) is 7.03. The molecule has 0 aliphatic carbocycles. The van der Waals surface area contributed by atoms with Gasteiger partial charge in [0.2, 0.25) is 0 Å². The summed E-state index contributed by atoms with van der Waals surface area (Å²) in [6.07, 6.45) is -0.00820. The zero-order valence-electron chi connectivity index (χ0n) is 19.1. The molecule has 2 aromatic rings. The number of morpholine rings is 1. The van der Waals surface area contributed by atoms with Crippen LogP contribution in [0.2, 0.25) is 0 Å².